The molecule has 0 bridgehead atoms. The standard InChI is InChI=1S/C17H22N4O3/c1-5-13-15(11(4)21-24-13)20-17(23)16(22)19-14(10(2)3)12-8-6-7-9-18-12/h6-10,14H,5H2,1-4H3,(H,19,22)(H,20,23)/t14-/m1/s1. The average molecular weight is 330 g/mol. The number of hydrogen-bond donors (Lipinski definition) is 2. The third kappa shape index (κ3) is 3.98. The summed E-state index contributed by atoms with van der Waals surface area (Å²) in [5.41, 5.74) is 1.71. The van der Waals surface area contributed by atoms with E-state index in [9.17, 15) is 9.59 Å². The van der Waals surface area contributed by atoms with Crippen molar-refractivity contribution in [1.29, 1.82) is 0 Å². The number of carbonyl (C=O) groups excluding carboxylic acids is 2. The molecule has 1 atom stereocenters. The average Bonchev–Trinajstić information content (AvgIpc) is 2.92. The zero-order valence-corrected chi connectivity index (χ0v) is 14.3. The summed E-state index contributed by atoms with van der Waals surface area (Å²) in [6.07, 6.45) is 2.23. The number of nitrogens with one attached hydrogen (secondary N) is 2. The van der Waals surface area contributed by atoms with E-state index in [2.05, 4.69) is 20.8 Å². The van der Waals surface area contributed by atoms with Crippen LogP contribution in [0.3, 0.4) is 0 Å². The second-order valence-corrected chi connectivity index (χ2v) is 5.82. The van der Waals surface area contributed by atoms with Crippen LogP contribution in [-0.2, 0) is 16.0 Å². The predicted octanol–water partition coefficient (Wildman–Crippen LogP) is 2.39. The molecule has 0 spiro atoms. The Morgan fingerprint density at radius 2 is 2.00 bits per heavy atom. The maximum Gasteiger partial charge on any atom is 0.313 e. The molecule has 2 heterocycles. The first-order valence-electron chi connectivity index (χ1n) is 7.92. The lowest BCUT2D eigenvalue weighted by atomic mass is 10.0. The lowest BCUT2D eigenvalue weighted by molar-refractivity contribution is -0.136. The van der Waals surface area contributed by atoms with Crippen LogP contribution in [0.1, 0.15) is 44.0 Å². The van der Waals surface area contributed by atoms with Crippen LogP contribution in [0.4, 0.5) is 5.69 Å². The number of anilines is 1. The highest BCUT2D eigenvalue weighted by Crippen LogP contribution is 2.21. The van der Waals surface area contributed by atoms with Gasteiger partial charge in [0.05, 0.1) is 11.7 Å². The molecule has 7 heteroatoms. The number of rotatable bonds is 5. The largest absolute Gasteiger partial charge is 0.359 e. The minimum Gasteiger partial charge on any atom is -0.359 e. The maximum absolute atomic E-state index is 12.3. The fraction of sp³-hybridized carbons (Fsp3) is 0.412. The van der Waals surface area contributed by atoms with Gasteiger partial charge in [-0.3, -0.25) is 14.6 Å². The molecule has 0 aromatic carbocycles. The van der Waals surface area contributed by atoms with Crippen molar-refractivity contribution in [3.63, 3.8) is 0 Å². The Balaban J connectivity index is 2.10. The van der Waals surface area contributed by atoms with Gasteiger partial charge in [-0.15, -0.1) is 0 Å². The fourth-order valence-corrected chi connectivity index (χ4v) is 2.34. The molecule has 0 fully saturated rings. The van der Waals surface area contributed by atoms with E-state index in [0.717, 1.165) is 0 Å². The molecule has 0 aliphatic rings. The van der Waals surface area contributed by atoms with Gasteiger partial charge in [-0.2, -0.15) is 0 Å². The first-order chi connectivity index (χ1) is 11.4. The van der Waals surface area contributed by atoms with Crippen LogP contribution in [0.15, 0.2) is 28.9 Å². The molecule has 0 radical (unpaired) electrons. The Hall–Kier alpha value is -2.70. The summed E-state index contributed by atoms with van der Waals surface area (Å²) in [5, 5.41) is 9.12. The number of carbonyl (C=O) groups is 2. The first-order valence-corrected chi connectivity index (χ1v) is 7.92. The van der Waals surface area contributed by atoms with Crippen molar-refractivity contribution in [3.8, 4) is 0 Å². The normalized spacial score (nSPS) is 12.0. The number of aromatic nitrogens is 2. The Bertz CT molecular complexity index is 710. The zero-order valence-electron chi connectivity index (χ0n) is 14.3. The van der Waals surface area contributed by atoms with Crippen molar-refractivity contribution in [2.45, 2.75) is 40.2 Å². The molecule has 0 aliphatic heterocycles. The van der Waals surface area contributed by atoms with Crippen LogP contribution in [0.2, 0.25) is 0 Å². The third-order valence-electron chi connectivity index (χ3n) is 3.66. The van der Waals surface area contributed by atoms with Crippen LogP contribution >= 0.6 is 0 Å². The minimum absolute atomic E-state index is 0.0835. The molecule has 0 saturated heterocycles. The molecule has 0 aliphatic carbocycles. The summed E-state index contributed by atoms with van der Waals surface area (Å²) < 4.78 is 5.11. The van der Waals surface area contributed by atoms with Gasteiger partial charge in [0.2, 0.25) is 0 Å². The minimum atomic E-state index is -0.752. The van der Waals surface area contributed by atoms with Crippen LogP contribution in [0.5, 0.6) is 0 Å². The lowest BCUT2D eigenvalue weighted by Gasteiger charge is -2.21. The predicted molar refractivity (Wildman–Crippen MR) is 89.2 cm³/mol. The van der Waals surface area contributed by atoms with E-state index >= 15 is 0 Å². The summed E-state index contributed by atoms with van der Waals surface area (Å²) in [4.78, 5) is 28.7. The SMILES string of the molecule is CCc1onc(C)c1NC(=O)C(=O)N[C@@H](c1ccccn1)C(C)C. The van der Waals surface area contributed by atoms with E-state index in [1.165, 1.54) is 0 Å². The summed E-state index contributed by atoms with van der Waals surface area (Å²) >= 11 is 0. The van der Waals surface area contributed by atoms with Gasteiger partial charge in [-0.25, -0.2) is 0 Å². The highest BCUT2D eigenvalue weighted by molar-refractivity contribution is 6.39. The van der Waals surface area contributed by atoms with Gasteiger partial charge in [0.25, 0.3) is 0 Å². The van der Waals surface area contributed by atoms with Crippen molar-refractivity contribution in [3.05, 3.63) is 41.5 Å². The Kier molecular flexibility index (Phi) is 5.68. The van der Waals surface area contributed by atoms with Crippen molar-refractivity contribution < 1.29 is 14.1 Å². The van der Waals surface area contributed by atoms with E-state index in [0.29, 0.717) is 29.3 Å². The van der Waals surface area contributed by atoms with Crippen molar-refractivity contribution in [2.24, 2.45) is 5.92 Å². The second kappa shape index (κ2) is 7.72. The summed E-state index contributed by atoms with van der Waals surface area (Å²) in [7, 11) is 0. The van der Waals surface area contributed by atoms with Crippen LogP contribution in [-0.4, -0.2) is 22.0 Å². The van der Waals surface area contributed by atoms with Gasteiger partial charge >= 0.3 is 11.8 Å². The van der Waals surface area contributed by atoms with E-state index < -0.39 is 11.8 Å². The van der Waals surface area contributed by atoms with Gasteiger partial charge < -0.3 is 15.2 Å². The summed E-state index contributed by atoms with van der Waals surface area (Å²) in [6, 6.07) is 5.12. The molecule has 24 heavy (non-hydrogen) atoms. The van der Waals surface area contributed by atoms with E-state index in [1.54, 1.807) is 19.2 Å². The number of aryl methyl sites for hydroxylation is 2. The van der Waals surface area contributed by atoms with Crippen molar-refractivity contribution in [2.75, 3.05) is 5.32 Å². The summed E-state index contributed by atoms with van der Waals surface area (Å²) in [6.45, 7) is 7.50. The van der Waals surface area contributed by atoms with E-state index in [-0.39, 0.29) is 12.0 Å². The molecule has 2 rings (SSSR count). The molecule has 0 saturated carbocycles. The van der Waals surface area contributed by atoms with Gasteiger partial charge in [0, 0.05) is 12.6 Å². The zero-order chi connectivity index (χ0) is 17.7. The molecule has 0 unspecified atom stereocenters. The number of hydrogen-bond acceptors (Lipinski definition) is 5. The third-order valence-corrected chi connectivity index (χ3v) is 3.66. The number of nitrogens with zero attached hydrogens (tertiary/aromatic N) is 2. The molecular weight excluding hydrogens is 308 g/mol. The Morgan fingerprint density at radius 1 is 1.25 bits per heavy atom. The molecular formula is C17H22N4O3. The number of amides is 2. The highest BCUT2D eigenvalue weighted by atomic mass is 16.5. The quantitative estimate of drug-likeness (QED) is 0.821. The molecule has 2 amide bonds. The number of pyridine rings is 1. The van der Waals surface area contributed by atoms with Crippen molar-refractivity contribution in [1.82, 2.24) is 15.5 Å². The Morgan fingerprint density at radius 3 is 2.58 bits per heavy atom. The Labute approximate surface area is 140 Å². The second-order valence-electron chi connectivity index (χ2n) is 5.82. The topological polar surface area (TPSA) is 97.1 Å². The maximum atomic E-state index is 12.3. The first kappa shape index (κ1) is 17.7. The van der Waals surface area contributed by atoms with Gasteiger partial charge in [0.15, 0.2) is 5.76 Å². The van der Waals surface area contributed by atoms with E-state index in [1.807, 2.05) is 32.9 Å². The molecule has 2 aromatic rings. The van der Waals surface area contributed by atoms with Gasteiger partial charge in [-0.1, -0.05) is 32.0 Å². The van der Waals surface area contributed by atoms with E-state index in [4.69, 9.17) is 4.52 Å². The van der Waals surface area contributed by atoms with Gasteiger partial charge in [0.1, 0.15) is 11.4 Å². The molecule has 128 valence electrons. The lowest BCUT2D eigenvalue weighted by Crippen LogP contribution is -2.40. The van der Waals surface area contributed by atoms with Crippen LogP contribution < -0.4 is 10.6 Å². The fourth-order valence-electron chi connectivity index (χ4n) is 2.34. The molecule has 2 aromatic heterocycles. The monoisotopic (exact) mass is 330 g/mol. The van der Waals surface area contributed by atoms with Crippen molar-refractivity contribution >= 4 is 17.5 Å². The van der Waals surface area contributed by atoms with Crippen LogP contribution in [0, 0.1) is 12.8 Å². The molecule has 7 nitrogen and oxygen atoms in total. The highest BCUT2D eigenvalue weighted by Gasteiger charge is 2.25. The summed E-state index contributed by atoms with van der Waals surface area (Å²) in [5.74, 6) is -0.849. The smallest absolute Gasteiger partial charge is 0.313 e. The molecule has 2 N–H and O–H groups in total. The van der Waals surface area contributed by atoms with Gasteiger partial charge in [-0.05, 0) is 25.0 Å². The van der Waals surface area contributed by atoms with Crippen LogP contribution in [0.25, 0.3) is 0 Å².